The highest BCUT2D eigenvalue weighted by Crippen LogP contribution is 1.96. The van der Waals surface area contributed by atoms with E-state index in [0.29, 0.717) is 26.0 Å². The molecule has 0 bridgehead atoms. The molecular formula is C13H24N2O6. The standard InChI is InChI=1S/C13H24N2O6/c1-3-21-12(18)10-15(8-9-20-2)13(19)14-7-5-4-6-11(16)17/h3-10H2,1-2H3,(H,14,19)(H,16,17). The molecule has 0 aliphatic heterocycles. The van der Waals surface area contributed by atoms with Gasteiger partial charge in [-0.2, -0.15) is 0 Å². The lowest BCUT2D eigenvalue weighted by Gasteiger charge is -2.21. The van der Waals surface area contributed by atoms with Gasteiger partial charge in [0.05, 0.1) is 13.2 Å². The molecule has 0 heterocycles. The molecule has 0 aromatic carbocycles. The molecule has 0 saturated heterocycles. The van der Waals surface area contributed by atoms with Crippen LogP contribution in [0.25, 0.3) is 0 Å². The van der Waals surface area contributed by atoms with E-state index >= 15 is 0 Å². The first-order chi connectivity index (χ1) is 10.0. The number of rotatable bonds is 11. The molecule has 2 amide bonds. The normalized spacial score (nSPS) is 10.0. The van der Waals surface area contributed by atoms with Gasteiger partial charge in [0.1, 0.15) is 6.54 Å². The van der Waals surface area contributed by atoms with Crippen LogP contribution in [0.4, 0.5) is 4.79 Å². The van der Waals surface area contributed by atoms with Crippen molar-refractivity contribution in [1.82, 2.24) is 10.2 Å². The summed E-state index contributed by atoms with van der Waals surface area (Å²) in [5.41, 5.74) is 0. The number of nitrogens with zero attached hydrogens (tertiary/aromatic N) is 1. The Morgan fingerprint density at radius 3 is 2.52 bits per heavy atom. The molecule has 0 aromatic heterocycles. The van der Waals surface area contributed by atoms with Crippen LogP contribution in [0.5, 0.6) is 0 Å². The van der Waals surface area contributed by atoms with Gasteiger partial charge in [0.2, 0.25) is 0 Å². The van der Waals surface area contributed by atoms with E-state index in [-0.39, 0.29) is 26.1 Å². The lowest BCUT2D eigenvalue weighted by Crippen LogP contribution is -2.45. The zero-order valence-electron chi connectivity index (χ0n) is 12.6. The van der Waals surface area contributed by atoms with E-state index in [4.69, 9.17) is 14.6 Å². The number of esters is 1. The Labute approximate surface area is 124 Å². The SMILES string of the molecule is CCOC(=O)CN(CCOC)C(=O)NCCCCC(=O)O. The number of carbonyl (C=O) groups excluding carboxylic acids is 2. The molecule has 0 spiro atoms. The highest BCUT2D eigenvalue weighted by atomic mass is 16.5. The first-order valence-corrected chi connectivity index (χ1v) is 6.90. The van der Waals surface area contributed by atoms with Gasteiger partial charge in [0, 0.05) is 26.6 Å². The number of carbonyl (C=O) groups is 3. The predicted octanol–water partition coefficient (Wildman–Crippen LogP) is 0.462. The fourth-order valence-electron chi connectivity index (χ4n) is 1.52. The zero-order valence-corrected chi connectivity index (χ0v) is 12.6. The molecule has 0 aliphatic carbocycles. The van der Waals surface area contributed by atoms with Crippen molar-refractivity contribution >= 4 is 18.0 Å². The Balaban J connectivity index is 4.11. The van der Waals surface area contributed by atoms with Crippen molar-refractivity contribution in [1.29, 1.82) is 0 Å². The zero-order chi connectivity index (χ0) is 16.1. The molecule has 0 aliphatic rings. The summed E-state index contributed by atoms with van der Waals surface area (Å²) in [6, 6.07) is -0.393. The Bertz CT molecular complexity index is 335. The fraction of sp³-hybridized carbons (Fsp3) is 0.769. The average molecular weight is 304 g/mol. The van der Waals surface area contributed by atoms with Crippen LogP contribution in [-0.2, 0) is 19.1 Å². The van der Waals surface area contributed by atoms with E-state index in [1.807, 2.05) is 0 Å². The van der Waals surface area contributed by atoms with Gasteiger partial charge in [-0.15, -0.1) is 0 Å². The highest BCUT2D eigenvalue weighted by Gasteiger charge is 2.17. The van der Waals surface area contributed by atoms with Gasteiger partial charge in [-0.05, 0) is 19.8 Å². The summed E-state index contributed by atoms with van der Waals surface area (Å²) in [5.74, 6) is -1.33. The van der Waals surface area contributed by atoms with Crippen LogP contribution in [0.2, 0.25) is 0 Å². The summed E-state index contributed by atoms with van der Waals surface area (Å²) < 4.78 is 9.70. The number of ether oxygens (including phenoxy) is 2. The van der Waals surface area contributed by atoms with Crippen LogP contribution < -0.4 is 5.32 Å². The Kier molecular flexibility index (Phi) is 10.9. The molecule has 0 fully saturated rings. The van der Waals surface area contributed by atoms with Gasteiger partial charge in [-0.3, -0.25) is 9.59 Å². The van der Waals surface area contributed by atoms with Crippen molar-refractivity contribution in [2.24, 2.45) is 0 Å². The number of hydrogen-bond acceptors (Lipinski definition) is 5. The first-order valence-electron chi connectivity index (χ1n) is 6.90. The van der Waals surface area contributed by atoms with Gasteiger partial charge in [-0.1, -0.05) is 0 Å². The topological polar surface area (TPSA) is 105 Å². The quantitative estimate of drug-likeness (QED) is 0.424. The number of methoxy groups -OCH3 is 1. The van der Waals surface area contributed by atoms with E-state index in [1.54, 1.807) is 6.92 Å². The lowest BCUT2D eigenvalue weighted by atomic mass is 10.2. The Hall–Kier alpha value is -1.83. The molecule has 0 unspecified atom stereocenters. The van der Waals surface area contributed by atoms with Crippen LogP contribution in [-0.4, -0.2) is 67.9 Å². The number of aliphatic carboxylic acids is 1. The number of carboxylic acids is 1. The van der Waals surface area contributed by atoms with E-state index < -0.39 is 18.0 Å². The largest absolute Gasteiger partial charge is 0.481 e. The van der Waals surface area contributed by atoms with E-state index in [2.05, 4.69) is 5.32 Å². The third-order valence-corrected chi connectivity index (χ3v) is 2.57. The third kappa shape index (κ3) is 10.6. The molecule has 0 rings (SSSR count). The maximum Gasteiger partial charge on any atom is 0.325 e. The van der Waals surface area contributed by atoms with E-state index in [9.17, 15) is 14.4 Å². The molecule has 0 atom stereocenters. The maximum absolute atomic E-state index is 11.9. The number of urea groups is 1. The van der Waals surface area contributed by atoms with Crippen molar-refractivity contribution in [2.45, 2.75) is 26.2 Å². The molecular weight excluding hydrogens is 280 g/mol. The Morgan fingerprint density at radius 2 is 1.95 bits per heavy atom. The highest BCUT2D eigenvalue weighted by molar-refractivity contribution is 5.80. The molecule has 8 nitrogen and oxygen atoms in total. The van der Waals surface area contributed by atoms with Crippen molar-refractivity contribution in [2.75, 3.05) is 40.0 Å². The molecule has 2 N–H and O–H groups in total. The second-order valence-corrected chi connectivity index (χ2v) is 4.30. The molecule has 8 heteroatoms. The van der Waals surface area contributed by atoms with Gasteiger partial charge in [-0.25, -0.2) is 4.79 Å². The smallest absolute Gasteiger partial charge is 0.325 e. The molecule has 0 aromatic rings. The summed E-state index contributed by atoms with van der Waals surface area (Å²) in [4.78, 5) is 35.0. The first kappa shape index (κ1) is 19.2. The summed E-state index contributed by atoms with van der Waals surface area (Å²) in [6.07, 6.45) is 1.13. The minimum atomic E-state index is -0.856. The summed E-state index contributed by atoms with van der Waals surface area (Å²) in [5, 5.41) is 11.1. The molecule has 0 saturated carbocycles. The van der Waals surface area contributed by atoms with Crippen LogP contribution in [0, 0.1) is 0 Å². The number of unbranched alkanes of at least 4 members (excludes halogenated alkanes) is 1. The van der Waals surface area contributed by atoms with Gasteiger partial charge in [0.15, 0.2) is 0 Å². The second kappa shape index (κ2) is 12.0. The average Bonchev–Trinajstić information content (AvgIpc) is 2.42. The summed E-state index contributed by atoms with van der Waals surface area (Å²) >= 11 is 0. The van der Waals surface area contributed by atoms with Gasteiger partial charge < -0.3 is 24.8 Å². The summed E-state index contributed by atoms with van der Waals surface area (Å²) in [6.45, 7) is 2.76. The molecule has 0 radical (unpaired) electrons. The van der Waals surface area contributed by atoms with E-state index in [1.165, 1.54) is 12.0 Å². The number of nitrogens with one attached hydrogen (secondary N) is 1. The monoisotopic (exact) mass is 304 g/mol. The fourth-order valence-corrected chi connectivity index (χ4v) is 1.52. The number of hydrogen-bond donors (Lipinski definition) is 2. The molecule has 122 valence electrons. The van der Waals surface area contributed by atoms with E-state index in [0.717, 1.165) is 0 Å². The van der Waals surface area contributed by atoms with Crippen molar-refractivity contribution in [3.05, 3.63) is 0 Å². The van der Waals surface area contributed by atoms with Crippen LogP contribution in [0.1, 0.15) is 26.2 Å². The van der Waals surface area contributed by atoms with Gasteiger partial charge >= 0.3 is 18.0 Å². The van der Waals surface area contributed by atoms with Crippen LogP contribution in [0.15, 0.2) is 0 Å². The predicted molar refractivity (Wildman–Crippen MR) is 75.0 cm³/mol. The van der Waals surface area contributed by atoms with Crippen molar-refractivity contribution in [3.8, 4) is 0 Å². The number of amides is 2. The second-order valence-electron chi connectivity index (χ2n) is 4.30. The number of carboxylic acid groups (broad SMARTS) is 1. The minimum absolute atomic E-state index is 0.0755. The Morgan fingerprint density at radius 1 is 1.24 bits per heavy atom. The molecule has 21 heavy (non-hydrogen) atoms. The van der Waals surface area contributed by atoms with Crippen molar-refractivity contribution in [3.63, 3.8) is 0 Å². The third-order valence-electron chi connectivity index (χ3n) is 2.57. The van der Waals surface area contributed by atoms with Gasteiger partial charge in [0.25, 0.3) is 0 Å². The maximum atomic E-state index is 11.9. The van der Waals surface area contributed by atoms with Crippen LogP contribution in [0.3, 0.4) is 0 Å². The van der Waals surface area contributed by atoms with Crippen molar-refractivity contribution < 1.29 is 29.0 Å². The minimum Gasteiger partial charge on any atom is -0.481 e. The lowest BCUT2D eigenvalue weighted by molar-refractivity contribution is -0.144. The summed E-state index contributed by atoms with van der Waals surface area (Å²) in [7, 11) is 1.51. The van der Waals surface area contributed by atoms with Crippen LogP contribution >= 0.6 is 0 Å².